The molecule has 0 spiro atoms. The molecule has 0 aliphatic carbocycles. The Labute approximate surface area is 167 Å². The monoisotopic (exact) mass is 413 g/mol. The van der Waals surface area contributed by atoms with Crippen molar-refractivity contribution in [3.05, 3.63) is 34.3 Å². The first-order chi connectivity index (χ1) is 11.8. The molecule has 0 N–H and O–H groups in total. The van der Waals surface area contributed by atoms with Gasteiger partial charge in [0.15, 0.2) is 0 Å². The van der Waals surface area contributed by atoms with Gasteiger partial charge in [0.05, 0.1) is 25.2 Å². The highest BCUT2D eigenvalue weighted by atomic mass is 35.5. The molecule has 0 radical (unpaired) electrons. The lowest BCUT2D eigenvalue weighted by Crippen LogP contribution is -3.00. The van der Waals surface area contributed by atoms with Crippen LogP contribution >= 0.6 is 11.6 Å². The van der Waals surface area contributed by atoms with Gasteiger partial charge in [-0.05, 0) is 37.5 Å². The Morgan fingerprint density at radius 1 is 0.885 bits per heavy atom. The van der Waals surface area contributed by atoms with Crippen LogP contribution in [0.1, 0.15) is 70.4 Å². The van der Waals surface area contributed by atoms with E-state index >= 15 is 0 Å². The number of unbranched alkanes of at least 4 members (excludes halogenated alkanes) is 3. The van der Waals surface area contributed by atoms with Gasteiger partial charge in [0.2, 0.25) is 0 Å². The summed E-state index contributed by atoms with van der Waals surface area (Å²) in [5.41, 5.74) is 0.0197. The molecule has 152 valence electrons. The normalized spacial score (nSPS) is 12.1. The number of benzene rings is 1. The number of nitrogens with zero attached hydrogens (tertiary/aromatic N) is 1. The van der Waals surface area contributed by atoms with E-state index in [4.69, 9.17) is 11.6 Å². The van der Waals surface area contributed by atoms with E-state index in [-0.39, 0.29) is 12.4 Å². The fraction of sp³-hybridized carbons (Fsp3) is 0.700. The third kappa shape index (κ3) is 8.06. The van der Waals surface area contributed by atoms with Crippen LogP contribution in [0.25, 0.3) is 0 Å². The Kier molecular flexibility index (Phi) is 11.9. The molecule has 0 saturated carbocycles. The molecule has 0 amide bonds. The lowest BCUT2D eigenvalue weighted by molar-refractivity contribution is -0.941. The Morgan fingerprint density at radius 3 is 1.73 bits per heavy atom. The van der Waals surface area contributed by atoms with Gasteiger partial charge in [-0.15, -0.1) is 0 Å². The molecular weight excluding hydrogens is 382 g/mol. The van der Waals surface area contributed by atoms with E-state index < -0.39 is 11.7 Å². The van der Waals surface area contributed by atoms with E-state index in [2.05, 4.69) is 20.8 Å². The first kappa shape index (κ1) is 25.6. The number of rotatable bonds is 11. The summed E-state index contributed by atoms with van der Waals surface area (Å²) in [5, 5.41) is 0.444. The molecule has 0 unspecified atom stereocenters. The minimum atomic E-state index is -4.33. The summed E-state index contributed by atoms with van der Waals surface area (Å²) in [6.45, 7) is 10.1. The quantitative estimate of drug-likeness (QED) is 0.479. The van der Waals surface area contributed by atoms with Crippen molar-refractivity contribution < 1.29 is 30.1 Å². The number of quaternary nitrogens is 1. The van der Waals surface area contributed by atoms with Crippen LogP contribution in [0.15, 0.2) is 18.2 Å². The molecule has 0 aromatic heterocycles. The fourth-order valence-corrected chi connectivity index (χ4v) is 3.46. The summed E-state index contributed by atoms with van der Waals surface area (Å²) in [4.78, 5) is 0. The van der Waals surface area contributed by atoms with E-state index in [0.29, 0.717) is 17.1 Å². The van der Waals surface area contributed by atoms with Gasteiger partial charge in [-0.25, -0.2) is 0 Å². The van der Waals surface area contributed by atoms with E-state index in [1.807, 2.05) is 0 Å². The topological polar surface area (TPSA) is 0 Å². The second-order valence-corrected chi connectivity index (χ2v) is 7.44. The van der Waals surface area contributed by atoms with Crippen molar-refractivity contribution >= 4 is 11.6 Å². The van der Waals surface area contributed by atoms with Gasteiger partial charge >= 0.3 is 6.18 Å². The second kappa shape index (κ2) is 12.1. The van der Waals surface area contributed by atoms with Gasteiger partial charge in [-0.3, -0.25) is 0 Å². The van der Waals surface area contributed by atoms with Gasteiger partial charge in [-0.2, -0.15) is 13.2 Å². The van der Waals surface area contributed by atoms with Gasteiger partial charge in [0.25, 0.3) is 0 Å². The van der Waals surface area contributed by atoms with Crippen LogP contribution in [-0.4, -0.2) is 24.1 Å². The maximum Gasteiger partial charge on any atom is 0.416 e. The van der Waals surface area contributed by atoms with Crippen molar-refractivity contribution in [2.75, 3.05) is 19.6 Å². The molecule has 0 atom stereocenters. The highest BCUT2D eigenvalue weighted by molar-refractivity contribution is 6.31. The summed E-state index contributed by atoms with van der Waals surface area (Å²) in [6.07, 6.45) is 2.21. The SMILES string of the molecule is CCCC[N+](CCCC)(CCCC)Cc1cc(C(F)(F)F)ccc1Cl.[Cl-]. The molecule has 0 bridgehead atoms. The zero-order valence-corrected chi connectivity index (χ0v) is 17.7. The molecule has 0 aliphatic heterocycles. The summed E-state index contributed by atoms with van der Waals surface area (Å²) in [7, 11) is 0. The van der Waals surface area contributed by atoms with Crippen LogP contribution in [0.5, 0.6) is 0 Å². The molecule has 0 aliphatic rings. The molecule has 6 heteroatoms. The van der Waals surface area contributed by atoms with Crippen LogP contribution in [0.2, 0.25) is 5.02 Å². The summed E-state index contributed by atoms with van der Waals surface area (Å²) in [6, 6.07) is 3.72. The largest absolute Gasteiger partial charge is 1.00 e. The van der Waals surface area contributed by atoms with Crippen molar-refractivity contribution in [2.45, 2.75) is 72.0 Å². The highest BCUT2D eigenvalue weighted by Crippen LogP contribution is 2.33. The van der Waals surface area contributed by atoms with Crippen LogP contribution in [0.4, 0.5) is 13.2 Å². The number of halogens is 5. The van der Waals surface area contributed by atoms with Gasteiger partial charge in [-0.1, -0.05) is 51.6 Å². The standard InChI is InChI=1S/C20H32ClF3N.ClH/c1-4-7-12-25(13-8-5-2,14-9-6-3)16-17-15-18(20(22,23)24)10-11-19(17)21;/h10-11,15H,4-9,12-14,16H2,1-3H3;1H/q+1;/p-1. The molecule has 0 saturated heterocycles. The smallest absolute Gasteiger partial charge is 0.416 e. The summed E-state index contributed by atoms with van der Waals surface area (Å²) >= 11 is 6.28. The van der Waals surface area contributed by atoms with E-state index in [1.54, 1.807) is 0 Å². The third-order valence-electron chi connectivity index (χ3n) is 4.84. The average molecular weight is 414 g/mol. The van der Waals surface area contributed by atoms with Crippen molar-refractivity contribution in [1.29, 1.82) is 0 Å². The van der Waals surface area contributed by atoms with Gasteiger partial charge < -0.3 is 16.9 Å². The van der Waals surface area contributed by atoms with E-state index in [9.17, 15) is 13.2 Å². The highest BCUT2D eigenvalue weighted by Gasteiger charge is 2.33. The lowest BCUT2D eigenvalue weighted by Gasteiger charge is -2.39. The molecule has 0 fully saturated rings. The van der Waals surface area contributed by atoms with Crippen LogP contribution in [-0.2, 0) is 12.7 Å². The zero-order chi connectivity index (χ0) is 18.9. The minimum Gasteiger partial charge on any atom is -1.00 e. The Hall–Kier alpha value is -0.450. The van der Waals surface area contributed by atoms with Crippen molar-refractivity contribution in [3.63, 3.8) is 0 Å². The molecule has 1 aromatic rings. The number of hydrogen-bond acceptors (Lipinski definition) is 0. The molecule has 1 rings (SSSR count). The van der Waals surface area contributed by atoms with E-state index in [1.165, 1.54) is 12.1 Å². The Bertz CT molecular complexity index is 496. The van der Waals surface area contributed by atoms with Crippen LogP contribution < -0.4 is 12.4 Å². The summed E-state index contributed by atoms with van der Waals surface area (Å²) in [5.74, 6) is 0. The molecule has 1 aromatic carbocycles. The number of alkyl halides is 3. The average Bonchev–Trinajstić information content (AvgIpc) is 2.57. The number of hydrogen-bond donors (Lipinski definition) is 0. The van der Waals surface area contributed by atoms with Crippen LogP contribution in [0.3, 0.4) is 0 Å². The second-order valence-electron chi connectivity index (χ2n) is 7.04. The van der Waals surface area contributed by atoms with Crippen molar-refractivity contribution in [2.24, 2.45) is 0 Å². The summed E-state index contributed by atoms with van der Waals surface area (Å²) < 4.78 is 40.1. The van der Waals surface area contributed by atoms with Crippen molar-refractivity contribution in [3.8, 4) is 0 Å². The molecule has 26 heavy (non-hydrogen) atoms. The molecular formula is C20H32Cl2F3N. The predicted molar refractivity (Wildman–Crippen MR) is 99.7 cm³/mol. The minimum absolute atomic E-state index is 0. The zero-order valence-electron chi connectivity index (χ0n) is 16.1. The third-order valence-corrected chi connectivity index (χ3v) is 5.21. The van der Waals surface area contributed by atoms with Crippen molar-refractivity contribution in [1.82, 2.24) is 0 Å². The maximum atomic E-state index is 13.1. The fourth-order valence-electron chi connectivity index (χ4n) is 3.29. The predicted octanol–water partition coefficient (Wildman–Crippen LogP) is 4.08. The molecule has 1 nitrogen and oxygen atoms in total. The first-order valence-corrected chi connectivity index (χ1v) is 9.86. The van der Waals surface area contributed by atoms with Gasteiger partial charge in [0.1, 0.15) is 6.54 Å². The molecule has 0 heterocycles. The first-order valence-electron chi connectivity index (χ1n) is 9.48. The lowest BCUT2D eigenvalue weighted by atomic mass is 10.1. The Morgan fingerprint density at radius 2 is 1.35 bits per heavy atom. The van der Waals surface area contributed by atoms with E-state index in [0.717, 1.165) is 68.7 Å². The van der Waals surface area contributed by atoms with Crippen LogP contribution in [0, 0.1) is 0 Å². The Balaban J connectivity index is 0.00000625. The maximum absolute atomic E-state index is 13.1. The van der Waals surface area contributed by atoms with Gasteiger partial charge in [0, 0.05) is 10.6 Å².